The van der Waals surface area contributed by atoms with Crippen LogP contribution in [-0.4, -0.2) is 9.97 Å². The highest BCUT2D eigenvalue weighted by atomic mass is 32.1. The number of hydrogen-bond donors (Lipinski definition) is 2. The summed E-state index contributed by atoms with van der Waals surface area (Å²) in [5.41, 5.74) is 0.600. The molecule has 0 saturated carbocycles. The Labute approximate surface area is 89.5 Å². The molecule has 0 saturated heterocycles. The zero-order chi connectivity index (χ0) is 9.97. The molecule has 0 atom stereocenters. The van der Waals surface area contributed by atoms with Crippen LogP contribution in [0.2, 0.25) is 0 Å². The Bertz CT molecular complexity index is 524. The second-order valence-electron chi connectivity index (χ2n) is 2.85. The van der Waals surface area contributed by atoms with Gasteiger partial charge in [0.15, 0.2) is 4.77 Å². The van der Waals surface area contributed by atoms with Crippen molar-refractivity contribution in [3.63, 3.8) is 0 Å². The molecule has 0 aliphatic carbocycles. The van der Waals surface area contributed by atoms with Gasteiger partial charge in [0.25, 0.3) is 5.56 Å². The zero-order valence-corrected chi connectivity index (χ0v) is 8.87. The molecule has 0 bridgehead atoms. The van der Waals surface area contributed by atoms with Gasteiger partial charge in [-0.15, -0.1) is 11.3 Å². The minimum atomic E-state index is -0.109. The van der Waals surface area contributed by atoms with E-state index >= 15 is 0 Å². The van der Waals surface area contributed by atoms with E-state index < -0.39 is 0 Å². The summed E-state index contributed by atoms with van der Waals surface area (Å²) in [4.78, 5) is 18.0. The van der Waals surface area contributed by atoms with Gasteiger partial charge in [-0.05, 0) is 23.7 Å². The summed E-state index contributed by atoms with van der Waals surface area (Å²) in [5, 5.41) is 1.99. The summed E-state index contributed by atoms with van der Waals surface area (Å²) in [6, 6.07) is 3.98. The number of hydrogen-bond acceptors (Lipinski definition) is 3. The molecule has 0 aromatic carbocycles. The Morgan fingerprint density at radius 2 is 2.36 bits per heavy atom. The quantitative estimate of drug-likeness (QED) is 0.767. The largest absolute Gasteiger partial charge is 0.338 e. The Kier molecular flexibility index (Phi) is 2.60. The van der Waals surface area contributed by atoms with Crippen LogP contribution < -0.4 is 5.56 Å². The van der Waals surface area contributed by atoms with Crippen LogP contribution in [0.4, 0.5) is 0 Å². The third-order valence-corrected chi connectivity index (χ3v) is 2.94. The molecule has 2 heterocycles. The number of rotatable bonds is 2. The zero-order valence-electron chi connectivity index (χ0n) is 7.24. The van der Waals surface area contributed by atoms with Gasteiger partial charge in [0, 0.05) is 23.1 Å². The molecule has 72 valence electrons. The minimum Gasteiger partial charge on any atom is -0.338 e. The van der Waals surface area contributed by atoms with Gasteiger partial charge in [0.05, 0.1) is 0 Å². The lowest BCUT2D eigenvalue weighted by Gasteiger charge is -1.96. The van der Waals surface area contributed by atoms with Crippen molar-refractivity contribution in [2.24, 2.45) is 0 Å². The fourth-order valence-corrected chi connectivity index (χ4v) is 2.05. The maximum atomic E-state index is 11.4. The molecule has 5 heteroatoms. The third-order valence-electron chi connectivity index (χ3n) is 1.84. The van der Waals surface area contributed by atoms with E-state index in [0.29, 0.717) is 16.8 Å². The van der Waals surface area contributed by atoms with Crippen LogP contribution in [0.5, 0.6) is 0 Å². The van der Waals surface area contributed by atoms with Crippen LogP contribution in [0.1, 0.15) is 10.4 Å². The molecule has 3 nitrogen and oxygen atoms in total. The van der Waals surface area contributed by atoms with Gasteiger partial charge in [0.2, 0.25) is 0 Å². The van der Waals surface area contributed by atoms with E-state index in [1.54, 1.807) is 17.5 Å². The normalized spacial score (nSPS) is 10.3. The fraction of sp³-hybridized carbons (Fsp3) is 0.111. The van der Waals surface area contributed by atoms with Crippen molar-refractivity contribution in [3.05, 3.63) is 49.3 Å². The standard InChI is InChI=1S/C9H8N2OS2/c12-8-6(5-10-9(13)11-8)4-7-2-1-3-14-7/h1-3,5H,4H2,(H2,10,11,12,13). The molecule has 0 aliphatic heterocycles. The molecular formula is C9H8N2OS2. The van der Waals surface area contributed by atoms with Gasteiger partial charge in [0.1, 0.15) is 0 Å². The van der Waals surface area contributed by atoms with Crippen molar-refractivity contribution in [2.75, 3.05) is 0 Å². The molecule has 0 spiro atoms. The number of H-pyrrole nitrogens is 2. The van der Waals surface area contributed by atoms with Gasteiger partial charge < -0.3 is 4.98 Å². The molecule has 0 aliphatic rings. The highest BCUT2D eigenvalue weighted by Crippen LogP contribution is 2.11. The van der Waals surface area contributed by atoms with Crippen molar-refractivity contribution in [1.29, 1.82) is 0 Å². The predicted molar refractivity (Wildman–Crippen MR) is 59.4 cm³/mol. The molecular weight excluding hydrogens is 216 g/mol. The van der Waals surface area contributed by atoms with E-state index in [1.807, 2.05) is 17.5 Å². The number of nitrogens with one attached hydrogen (secondary N) is 2. The first kappa shape index (κ1) is 9.36. The van der Waals surface area contributed by atoms with Gasteiger partial charge in [-0.25, -0.2) is 0 Å². The highest BCUT2D eigenvalue weighted by Gasteiger charge is 2.01. The summed E-state index contributed by atoms with van der Waals surface area (Å²) in [5.74, 6) is 0. The second kappa shape index (κ2) is 3.89. The average molecular weight is 224 g/mol. The lowest BCUT2D eigenvalue weighted by atomic mass is 10.2. The third kappa shape index (κ3) is 2.00. The van der Waals surface area contributed by atoms with Crippen LogP contribution in [0.15, 0.2) is 28.5 Å². The molecule has 14 heavy (non-hydrogen) atoms. The molecule has 0 fully saturated rings. The van der Waals surface area contributed by atoms with Crippen molar-refractivity contribution < 1.29 is 0 Å². The number of thiophene rings is 1. The topological polar surface area (TPSA) is 48.6 Å². The molecule has 2 rings (SSSR count). The highest BCUT2D eigenvalue weighted by molar-refractivity contribution is 7.71. The van der Waals surface area contributed by atoms with E-state index in [-0.39, 0.29) is 5.56 Å². The predicted octanol–water partition coefficient (Wildman–Crippen LogP) is 2.08. The number of aromatic nitrogens is 2. The van der Waals surface area contributed by atoms with Crippen LogP contribution in [0.25, 0.3) is 0 Å². The molecule has 0 radical (unpaired) electrons. The molecule has 2 aromatic rings. The van der Waals surface area contributed by atoms with E-state index in [4.69, 9.17) is 12.2 Å². The van der Waals surface area contributed by atoms with Crippen LogP contribution in [0, 0.1) is 4.77 Å². The summed E-state index contributed by atoms with van der Waals surface area (Å²) < 4.78 is 0.366. The van der Waals surface area contributed by atoms with Crippen molar-refractivity contribution in [3.8, 4) is 0 Å². The lowest BCUT2D eigenvalue weighted by molar-refractivity contribution is 1.02. The average Bonchev–Trinajstić information content (AvgIpc) is 2.62. The first-order valence-corrected chi connectivity index (χ1v) is 5.38. The Balaban J connectivity index is 2.35. The fourth-order valence-electron chi connectivity index (χ4n) is 1.17. The first-order valence-electron chi connectivity index (χ1n) is 4.09. The molecule has 2 N–H and O–H groups in total. The van der Waals surface area contributed by atoms with E-state index in [0.717, 1.165) is 0 Å². The van der Waals surface area contributed by atoms with Gasteiger partial charge in [-0.2, -0.15) is 0 Å². The van der Waals surface area contributed by atoms with Crippen LogP contribution in [-0.2, 0) is 6.42 Å². The van der Waals surface area contributed by atoms with E-state index in [2.05, 4.69) is 9.97 Å². The summed E-state index contributed by atoms with van der Waals surface area (Å²) in [6.45, 7) is 0. The Morgan fingerprint density at radius 1 is 1.50 bits per heavy atom. The molecule has 0 amide bonds. The van der Waals surface area contributed by atoms with E-state index in [9.17, 15) is 4.79 Å². The smallest absolute Gasteiger partial charge is 0.255 e. The molecule has 0 unspecified atom stereocenters. The lowest BCUT2D eigenvalue weighted by Crippen LogP contribution is -2.13. The maximum Gasteiger partial charge on any atom is 0.255 e. The van der Waals surface area contributed by atoms with E-state index in [1.165, 1.54) is 4.88 Å². The van der Waals surface area contributed by atoms with Gasteiger partial charge in [-0.1, -0.05) is 6.07 Å². The SMILES string of the molecule is O=c1[nH]c(=S)[nH]cc1Cc1cccs1. The maximum absolute atomic E-state index is 11.4. The van der Waals surface area contributed by atoms with Gasteiger partial charge in [-0.3, -0.25) is 9.78 Å². The van der Waals surface area contributed by atoms with Crippen molar-refractivity contribution >= 4 is 23.6 Å². The molecule has 2 aromatic heterocycles. The number of aromatic amines is 2. The summed E-state index contributed by atoms with van der Waals surface area (Å²) >= 11 is 6.44. The minimum absolute atomic E-state index is 0.109. The van der Waals surface area contributed by atoms with Crippen LogP contribution >= 0.6 is 23.6 Å². The Hall–Kier alpha value is -1.20. The Morgan fingerprint density at radius 3 is 3.00 bits per heavy atom. The van der Waals surface area contributed by atoms with Crippen molar-refractivity contribution in [2.45, 2.75) is 6.42 Å². The monoisotopic (exact) mass is 224 g/mol. The van der Waals surface area contributed by atoms with Crippen LogP contribution in [0.3, 0.4) is 0 Å². The second-order valence-corrected chi connectivity index (χ2v) is 4.29. The van der Waals surface area contributed by atoms with Gasteiger partial charge >= 0.3 is 0 Å². The summed E-state index contributed by atoms with van der Waals surface area (Å²) in [7, 11) is 0. The van der Waals surface area contributed by atoms with Crippen molar-refractivity contribution in [1.82, 2.24) is 9.97 Å². The summed E-state index contributed by atoms with van der Waals surface area (Å²) in [6.07, 6.45) is 2.32. The first-order chi connectivity index (χ1) is 6.75.